The lowest BCUT2D eigenvalue weighted by molar-refractivity contribution is -0.129. The topological polar surface area (TPSA) is 71.5 Å². The largest absolute Gasteiger partial charge is 0.481 e. The molecule has 2 rings (SSSR count). The average Bonchev–Trinajstić information content (AvgIpc) is 2.59. The molecule has 1 heterocycles. The van der Waals surface area contributed by atoms with E-state index in [1.54, 1.807) is 11.0 Å². The Hall–Kier alpha value is -2.63. The molecule has 0 unspecified atom stereocenters. The van der Waals surface area contributed by atoms with Crippen molar-refractivity contribution < 1.29 is 14.3 Å². The van der Waals surface area contributed by atoms with E-state index in [9.17, 15) is 9.59 Å². The van der Waals surface area contributed by atoms with Crippen LogP contribution < -0.4 is 10.1 Å². The second-order valence-electron chi connectivity index (χ2n) is 4.99. The number of hydrogen-bond donors (Lipinski definition) is 1. The molecule has 6 heteroatoms. The Morgan fingerprint density at radius 2 is 1.91 bits per heavy atom. The van der Waals surface area contributed by atoms with Crippen LogP contribution in [0.5, 0.6) is 5.88 Å². The number of rotatable bonds is 6. The van der Waals surface area contributed by atoms with Gasteiger partial charge >= 0.3 is 0 Å². The van der Waals surface area contributed by atoms with Crippen molar-refractivity contribution in [3.8, 4) is 5.88 Å². The maximum atomic E-state index is 12.3. The van der Waals surface area contributed by atoms with Crippen LogP contribution in [-0.2, 0) is 4.79 Å². The summed E-state index contributed by atoms with van der Waals surface area (Å²) in [5, 5.41) is 4.32. The van der Waals surface area contributed by atoms with Crippen LogP contribution in [0.15, 0.2) is 30.3 Å². The third-order valence-corrected chi connectivity index (χ3v) is 3.65. The zero-order chi connectivity index (χ0) is 16.8. The minimum absolute atomic E-state index is 0.0443. The van der Waals surface area contributed by atoms with E-state index >= 15 is 0 Å². The molecule has 0 saturated heterocycles. The van der Waals surface area contributed by atoms with Crippen molar-refractivity contribution in [3.63, 3.8) is 0 Å². The third-order valence-electron chi connectivity index (χ3n) is 3.65. The Morgan fingerprint density at radius 1 is 1.22 bits per heavy atom. The monoisotopic (exact) mass is 315 g/mol. The van der Waals surface area contributed by atoms with Crippen LogP contribution in [0.1, 0.15) is 24.3 Å². The number of methoxy groups -OCH3 is 1. The van der Waals surface area contributed by atoms with Crippen molar-refractivity contribution in [2.75, 3.05) is 26.7 Å². The van der Waals surface area contributed by atoms with E-state index in [1.165, 1.54) is 7.11 Å². The molecule has 2 amide bonds. The summed E-state index contributed by atoms with van der Waals surface area (Å²) in [6, 6.07) is 9.22. The second kappa shape index (κ2) is 7.58. The van der Waals surface area contributed by atoms with Gasteiger partial charge in [0.15, 0.2) is 0 Å². The summed E-state index contributed by atoms with van der Waals surface area (Å²) in [6.45, 7) is 5.00. The number of likely N-dealkylation sites (N-methyl/N-ethyl adjacent to an activating group) is 1. The molecule has 0 aliphatic rings. The minimum Gasteiger partial charge on any atom is -0.481 e. The molecule has 0 aliphatic carbocycles. The quantitative estimate of drug-likeness (QED) is 0.883. The fraction of sp³-hybridized carbons (Fsp3) is 0.353. The van der Waals surface area contributed by atoms with Gasteiger partial charge in [0, 0.05) is 18.5 Å². The molecule has 0 aliphatic heterocycles. The first-order valence-corrected chi connectivity index (χ1v) is 7.60. The lowest BCUT2D eigenvalue weighted by Crippen LogP contribution is -2.40. The van der Waals surface area contributed by atoms with Gasteiger partial charge in [0.05, 0.1) is 13.7 Å². The van der Waals surface area contributed by atoms with Crippen LogP contribution >= 0.6 is 0 Å². The van der Waals surface area contributed by atoms with Crippen LogP contribution in [0, 0.1) is 0 Å². The van der Waals surface area contributed by atoms with Gasteiger partial charge in [-0.2, -0.15) is 0 Å². The zero-order valence-corrected chi connectivity index (χ0v) is 13.6. The van der Waals surface area contributed by atoms with Gasteiger partial charge in [-0.1, -0.05) is 18.2 Å². The lowest BCUT2D eigenvalue weighted by atomic mass is 10.1. The highest BCUT2D eigenvalue weighted by atomic mass is 16.5. The van der Waals surface area contributed by atoms with E-state index in [0.29, 0.717) is 19.0 Å². The van der Waals surface area contributed by atoms with Gasteiger partial charge in [0.25, 0.3) is 5.91 Å². The molecule has 0 saturated carbocycles. The predicted octanol–water partition coefficient (Wildman–Crippen LogP) is 1.84. The Kier molecular flexibility index (Phi) is 5.51. The molecular weight excluding hydrogens is 294 g/mol. The van der Waals surface area contributed by atoms with Gasteiger partial charge in [-0.3, -0.25) is 9.59 Å². The summed E-state index contributed by atoms with van der Waals surface area (Å²) >= 11 is 0. The van der Waals surface area contributed by atoms with Gasteiger partial charge in [-0.15, -0.1) is 0 Å². The number of pyridine rings is 1. The Labute approximate surface area is 135 Å². The van der Waals surface area contributed by atoms with E-state index in [2.05, 4.69) is 10.3 Å². The first-order valence-electron chi connectivity index (χ1n) is 7.60. The maximum Gasteiger partial charge on any atom is 0.270 e. The molecule has 0 fully saturated rings. The van der Waals surface area contributed by atoms with Crippen molar-refractivity contribution in [2.24, 2.45) is 0 Å². The number of benzene rings is 1. The Morgan fingerprint density at radius 3 is 2.57 bits per heavy atom. The van der Waals surface area contributed by atoms with Crippen molar-refractivity contribution >= 4 is 22.6 Å². The summed E-state index contributed by atoms with van der Waals surface area (Å²) in [4.78, 5) is 30.1. The first-order chi connectivity index (χ1) is 11.1. The van der Waals surface area contributed by atoms with E-state index in [4.69, 9.17) is 4.74 Å². The fourth-order valence-corrected chi connectivity index (χ4v) is 2.37. The number of amides is 2. The molecule has 0 spiro atoms. The number of fused-ring (bicyclic) bond motifs is 1. The van der Waals surface area contributed by atoms with Gasteiger partial charge < -0.3 is 15.0 Å². The van der Waals surface area contributed by atoms with Gasteiger partial charge in [-0.25, -0.2) is 4.98 Å². The van der Waals surface area contributed by atoms with Crippen LogP contribution in [0.25, 0.3) is 10.8 Å². The molecule has 23 heavy (non-hydrogen) atoms. The zero-order valence-electron chi connectivity index (χ0n) is 13.6. The molecule has 0 atom stereocenters. The SMILES string of the molecule is CCN(CC)C(=O)CNC(=O)c1cc2ccccc2c(OC)n1. The normalized spacial score (nSPS) is 10.4. The number of nitrogens with zero attached hydrogens (tertiary/aromatic N) is 2. The van der Waals surface area contributed by atoms with Crippen molar-refractivity contribution in [2.45, 2.75) is 13.8 Å². The standard InChI is InChI=1S/C17H21N3O3/c1-4-20(5-2)15(21)11-18-16(22)14-10-12-8-6-7-9-13(12)17(19-14)23-3/h6-10H,4-5,11H2,1-3H3,(H,18,22). The van der Waals surface area contributed by atoms with Crippen LogP contribution in [0.3, 0.4) is 0 Å². The Bertz CT molecular complexity index is 711. The number of nitrogens with one attached hydrogen (secondary N) is 1. The fourth-order valence-electron chi connectivity index (χ4n) is 2.37. The summed E-state index contributed by atoms with van der Waals surface area (Å²) in [7, 11) is 1.51. The molecule has 1 N–H and O–H groups in total. The number of ether oxygens (including phenoxy) is 1. The highest BCUT2D eigenvalue weighted by Crippen LogP contribution is 2.23. The van der Waals surface area contributed by atoms with Crippen LogP contribution in [0.2, 0.25) is 0 Å². The van der Waals surface area contributed by atoms with Gasteiger partial charge in [0.1, 0.15) is 5.69 Å². The Balaban J connectivity index is 2.16. The minimum atomic E-state index is -0.394. The molecule has 6 nitrogen and oxygen atoms in total. The van der Waals surface area contributed by atoms with Gasteiger partial charge in [-0.05, 0) is 31.4 Å². The summed E-state index contributed by atoms with van der Waals surface area (Å²) in [5.74, 6) is -0.117. The highest BCUT2D eigenvalue weighted by Gasteiger charge is 2.15. The molecule has 2 aromatic rings. The predicted molar refractivity (Wildman–Crippen MR) is 88.6 cm³/mol. The molecule has 1 aromatic heterocycles. The van der Waals surface area contributed by atoms with Crippen molar-refractivity contribution in [1.82, 2.24) is 15.2 Å². The summed E-state index contributed by atoms with van der Waals surface area (Å²) < 4.78 is 5.25. The number of carbonyl (C=O) groups is 2. The van der Waals surface area contributed by atoms with Crippen LogP contribution in [-0.4, -0.2) is 48.4 Å². The maximum absolute atomic E-state index is 12.3. The van der Waals surface area contributed by atoms with Gasteiger partial charge in [0.2, 0.25) is 11.8 Å². The number of hydrogen-bond acceptors (Lipinski definition) is 4. The smallest absolute Gasteiger partial charge is 0.270 e. The molecule has 1 aromatic carbocycles. The summed E-state index contributed by atoms with van der Waals surface area (Å²) in [6.07, 6.45) is 0. The van der Waals surface area contributed by atoms with E-state index in [1.807, 2.05) is 38.1 Å². The second-order valence-corrected chi connectivity index (χ2v) is 4.99. The van der Waals surface area contributed by atoms with Crippen molar-refractivity contribution in [1.29, 1.82) is 0 Å². The number of aromatic nitrogens is 1. The molecule has 0 bridgehead atoms. The average molecular weight is 315 g/mol. The number of carbonyl (C=O) groups excluding carboxylic acids is 2. The van der Waals surface area contributed by atoms with Crippen LogP contribution in [0.4, 0.5) is 0 Å². The molecule has 0 radical (unpaired) electrons. The third kappa shape index (κ3) is 3.77. The first kappa shape index (κ1) is 16.7. The van der Waals surface area contributed by atoms with E-state index < -0.39 is 5.91 Å². The molecular formula is C17H21N3O3. The highest BCUT2D eigenvalue weighted by molar-refractivity contribution is 5.99. The van der Waals surface area contributed by atoms with E-state index in [-0.39, 0.29) is 18.1 Å². The van der Waals surface area contributed by atoms with E-state index in [0.717, 1.165) is 10.8 Å². The molecule has 122 valence electrons. The lowest BCUT2D eigenvalue weighted by Gasteiger charge is -2.18. The summed E-state index contributed by atoms with van der Waals surface area (Å²) in [5.41, 5.74) is 0.230. The van der Waals surface area contributed by atoms with Crippen molar-refractivity contribution in [3.05, 3.63) is 36.0 Å².